The van der Waals surface area contributed by atoms with Crippen molar-refractivity contribution in [3.05, 3.63) is 165 Å². The predicted molar refractivity (Wildman–Crippen MR) is 276 cm³/mol. The van der Waals surface area contributed by atoms with Crippen molar-refractivity contribution in [2.24, 2.45) is 5.92 Å². The number of aliphatic hydroxyl groups is 1. The lowest BCUT2D eigenvalue weighted by atomic mass is 9.91. The van der Waals surface area contributed by atoms with E-state index in [9.17, 15) is 29.6 Å². The molecule has 73 heavy (non-hydrogen) atoms. The Kier molecular flexibility index (Phi) is 17.2. The van der Waals surface area contributed by atoms with Crippen molar-refractivity contribution >= 4 is 52.1 Å². The van der Waals surface area contributed by atoms with Crippen molar-refractivity contribution in [3.8, 4) is 22.1 Å². The standard InChI is InChI=1S/C55H58N6O11S/c1-35(2)51(55(65)60-33-43(62)30-48(60)53(63)57-36(3)40-16-18-41(19-17-40)52-37(4)56-34-73-52)49-31-50(58-72-49)71-29-27-69-25-24-68-26-28-70-44-22-14-39(15-23-44)32-59-47-11-6-5-9-45(47)46(54(59)64)10-7-8-38-12-20-42(21-13-38)61(66)67/h5-23,31,34-36,43,48,51,62H,24-30,32-33H2,1-4H3,(H,57,63)/b8-7+,46-10-/t36-,43+,48-,51?/m0/s1. The van der Waals surface area contributed by atoms with Crippen LogP contribution in [0.2, 0.25) is 0 Å². The number of non-ortho nitro benzene ring substituents is 1. The van der Waals surface area contributed by atoms with Gasteiger partial charge >= 0.3 is 0 Å². The smallest absolute Gasteiger partial charge is 0.269 e. The summed E-state index contributed by atoms with van der Waals surface area (Å²) in [5.41, 5.74) is 8.69. The number of carbonyl (C=O) groups excluding carboxylic acids is 3. The van der Waals surface area contributed by atoms with Crippen LogP contribution in [0.15, 0.2) is 125 Å². The van der Waals surface area contributed by atoms with E-state index < -0.39 is 23.0 Å². The summed E-state index contributed by atoms with van der Waals surface area (Å²) in [5, 5.41) is 28.7. The van der Waals surface area contributed by atoms with Crippen molar-refractivity contribution in [3.63, 3.8) is 0 Å². The van der Waals surface area contributed by atoms with E-state index in [0.717, 1.165) is 44.1 Å². The number of ether oxygens (including phenoxy) is 4. The molecule has 1 unspecified atom stereocenters. The summed E-state index contributed by atoms with van der Waals surface area (Å²) in [7, 11) is 0. The number of para-hydroxylation sites is 1. The summed E-state index contributed by atoms with van der Waals surface area (Å²) < 4.78 is 28.6. The number of nitrogens with zero attached hydrogens (tertiary/aromatic N) is 5. The maximum Gasteiger partial charge on any atom is 0.269 e. The quantitative estimate of drug-likeness (QED) is 0.0267. The molecule has 0 radical (unpaired) electrons. The van der Waals surface area contributed by atoms with Crippen molar-refractivity contribution < 1.29 is 47.9 Å². The van der Waals surface area contributed by atoms with Gasteiger partial charge in [-0.3, -0.25) is 24.5 Å². The minimum absolute atomic E-state index is 0.0170. The van der Waals surface area contributed by atoms with Gasteiger partial charge in [0.05, 0.1) is 71.8 Å². The molecule has 380 valence electrons. The molecule has 8 rings (SSSR count). The topological polar surface area (TPSA) is 209 Å². The van der Waals surface area contributed by atoms with E-state index in [4.69, 9.17) is 23.5 Å². The van der Waals surface area contributed by atoms with Crippen molar-refractivity contribution in [1.29, 1.82) is 0 Å². The number of carbonyl (C=O) groups is 3. The first-order chi connectivity index (χ1) is 35.3. The van der Waals surface area contributed by atoms with Crippen LogP contribution in [-0.2, 0) is 30.4 Å². The summed E-state index contributed by atoms with van der Waals surface area (Å²) in [5.74, 6) is -0.611. The monoisotopic (exact) mass is 1010 g/mol. The Balaban J connectivity index is 0.721. The van der Waals surface area contributed by atoms with E-state index in [-0.39, 0.29) is 67.4 Å². The van der Waals surface area contributed by atoms with E-state index in [2.05, 4.69) is 15.5 Å². The number of β-amino-alcohol motifs (C(OH)–C–C–N with tert-alkyl or cyclic N) is 1. The van der Waals surface area contributed by atoms with Gasteiger partial charge in [0.1, 0.15) is 30.9 Å². The van der Waals surface area contributed by atoms with E-state index in [1.54, 1.807) is 52.7 Å². The summed E-state index contributed by atoms with van der Waals surface area (Å²) in [6.07, 6.45) is 4.62. The number of nitro benzene ring substituents is 1. The fourth-order valence-corrected chi connectivity index (χ4v) is 9.62. The fourth-order valence-electron chi connectivity index (χ4n) is 8.81. The number of allylic oxidation sites excluding steroid dienone is 2. The zero-order chi connectivity index (χ0) is 51.4. The summed E-state index contributed by atoms with van der Waals surface area (Å²) in [4.78, 5) is 60.5. The number of hydrogen-bond donors (Lipinski definition) is 2. The molecule has 0 spiro atoms. The molecule has 2 N–H and O–H groups in total. The summed E-state index contributed by atoms with van der Waals surface area (Å²) in [6, 6.07) is 29.8. The minimum atomic E-state index is -0.856. The van der Waals surface area contributed by atoms with Crippen molar-refractivity contribution in [1.82, 2.24) is 20.4 Å². The van der Waals surface area contributed by atoms with E-state index in [1.165, 1.54) is 17.0 Å². The number of likely N-dealkylation sites (tertiary alicyclic amines) is 1. The van der Waals surface area contributed by atoms with Crippen LogP contribution in [-0.4, -0.2) is 101 Å². The van der Waals surface area contributed by atoms with E-state index in [1.807, 2.05) is 106 Å². The Bertz CT molecular complexity index is 2920. The number of amides is 3. The number of fused-ring (bicyclic) bond motifs is 1. The molecule has 4 atom stereocenters. The second kappa shape index (κ2) is 24.3. The van der Waals surface area contributed by atoms with Crippen molar-refractivity contribution in [2.75, 3.05) is 51.1 Å². The summed E-state index contributed by atoms with van der Waals surface area (Å²) in [6.45, 7) is 9.80. The molecule has 0 aliphatic carbocycles. The average Bonchev–Trinajstić information content (AvgIpc) is 4.19. The van der Waals surface area contributed by atoms with Gasteiger partial charge in [-0.05, 0) is 83.6 Å². The van der Waals surface area contributed by atoms with Crippen LogP contribution in [0.3, 0.4) is 0 Å². The number of anilines is 1. The molecule has 4 heterocycles. The summed E-state index contributed by atoms with van der Waals surface area (Å²) >= 11 is 1.58. The van der Waals surface area contributed by atoms with Gasteiger partial charge in [0.15, 0.2) is 5.76 Å². The molecular formula is C55H58N6O11S. The number of nitrogens with one attached hydrogen (secondary N) is 1. The van der Waals surface area contributed by atoms with Gasteiger partial charge in [-0.2, -0.15) is 0 Å². The lowest BCUT2D eigenvalue weighted by molar-refractivity contribution is -0.384. The molecule has 18 heteroatoms. The number of aryl methyl sites for hydroxylation is 1. The van der Waals surface area contributed by atoms with Gasteiger partial charge in [0, 0.05) is 42.3 Å². The number of aliphatic hydroxyl groups excluding tert-OH is 1. The van der Waals surface area contributed by atoms with Crippen LogP contribution in [0, 0.1) is 23.0 Å². The number of nitro groups is 1. The molecule has 17 nitrogen and oxygen atoms in total. The largest absolute Gasteiger partial charge is 0.491 e. The maximum atomic E-state index is 14.1. The van der Waals surface area contributed by atoms with Gasteiger partial charge in [-0.25, -0.2) is 4.98 Å². The molecule has 6 aromatic rings. The SMILES string of the molecule is Cc1ncsc1-c1ccc([C@H](C)NC(=O)[C@@H]2C[C@@H](O)CN2C(=O)C(c2cc(OCCOCCOCCOc3ccc(CN4C(=O)/C(=C\C=C\c5ccc([N+](=O)[O-])cc5)c5ccccc54)cc3)no2)C(C)C)cc1. The first kappa shape index (κ1) is 51.8. The molecular weight excluding hydrogens is 953 g/mol. The molecule has 2 aromatic heterocycles. The number of aromatic nitrogens is 2. The Morgan fingerprint density at radius 3 is 2.32 bits per heavy atom. The first-order valence-electron chi connectivity index (χ1n) is 24.1. The highest BCUT2D eigenvalue weighted by Crippen LogP contribution is 2.38. The Hall–Kier alpha value is -7.51. The third-order valence-electron chi connectivity index (χ3n) is 12.6. The van der Waals surface area contributed by atoms with Crippen molar-refractivity contribution in [2.45, 2.75) is 64.8 Å². The third-order valence-corrected chi connectivity index (χ3v) is 13.6. The number of thiazole rings is 1. The van der Waals surface area contributed by atoms with Crippen LogP contribution in [0.4, 0.5) is 11.4 Å². The normalized spacial score (nSPS) is 16.8. The van der Waals surface area contributed by atoms with Crippen LogP contribution in [0.25, 0.3) is 22.1 Å². The van der Waals surface area contributed by atoms with Gasteiger partial charge in [-0.15, -0.1) is 11.3 Å². The van der Waals surface area contributed by atoms with Crippen LogP contribution in [0.1, 0.15) is 72.9 Å². The van der Waals surface area contributed by atoms with E-state index in [0.29, 0.717) is 50.1 Å². The van der Waals surface area contributed by atoms with Crippen LogP contribution >= 0.6 is 11.3 Å². The van der Waals surface area contributed by atoms with Gasteiger partial charge in [0.25, 0.3) is 17.5 Å². The lowest BCUT2D eigenvalue weighted by Gasteiger charge is -2.29. The molecule has 0 saturated carbocycles. The highest BCUT2D eigenvalue weighted by atomic mass is 32.1. The second-order valence-electron chi connectivity index (χ2n) is 18.1. The van der Waals surface area contributed by atoms with Gasteiger partial charge in [-0.1, -0.05) is 80.6 Å². The predicted octanol–water partition coefficient (Wildman–Crippen LogP) is 8.73. The molecule has 2 aliphatic heterocycles. The zero-order valence-electron chi connectivity index (χ0n) is 41.0. The second-order valence-corrected chi connectivity index (χ2v) is 18.9. The van der Waals surface area contributed by atoms with Crippen LogP contribution in [0.5, 0.6) is 11.6 Å². The van der Waals surface area contributed by atoms with E-state index >= 15 is 0 Å². The van der Waals surface area contributed by atoms with Gasteiger partial charge < -0.3 is 43.7 Å². The number of benzene rings is 4. The molecule has 1 saturated heterocycles. The Labute approximate surface area is 427 Å². The molecule has 3 amide bonds. The lowest BCUT2D eigenvalue weighted by Crippen LogP contribution is -2.48. The van der Waals surface area contributed by atoms with Gasteiger partial charge in [0.2, 0.25) is 11.8 Å². The Morgan fingerprint density at radius 2 is 1.63 bits per heavy atom. The molecule has 4 aromatic carbocycles. The third kappa shape index (κ3) is 12.9. The maximum absolute atomic E-state index is 14.1. The fraction of sp³-hybridized carbons (Fsp3) is 0.327. The molecule has 1 fully saturated rings. The molecule has 2 aliphatic rings. The first-order valence-corrected chi connectivity index (χ1v) is 25.0. The highest BCUT2D eigenvalue weighted by molar-refractivity contribution is 7.13. The minimum Gasteiger partial charge on any atom is -0.491 e. The average molecular weight is 1010 g/mol. The Morgan fingerprint density at radius 1 is 0.932 bits per heavy atom. The number of hydrogen-bond acceptors (Lipinski definition) is 14. The molecule has 0 bridgehead atoms. The highest BCUT2D eigenvalue weighted by Gasteiger charge is 2.43. The number of rotatable bonds is 23. The zero-order valence-corrected chi connectivity index (χ0v) is 41.9. The van der Waals surface area contributed by atoms with Crippen LogP contribution < -0.4 is 19.7 Å².